The molecule has 2 aromatic carbocycles. The third kappa shape index (κ3) is 2.82. The number of para-hydroxylation sites is 1. The SMILES string of the molecule is Cc1cccc(CSc2nnc(-c3c[nH]c4ccccc34)n2C2CC2)c1. The van der Waals surface area contributed by atoms with Crippen LogP contribution in [-0.4, -0.2) is 19.7 Å². The first kappa shape index (κ1) is 15.7. The average molecular weight is 360 g/mol. The quantitative estimate of drug-likeness (QED) is 0.487. The second-order valence-corrected chi connectivity index (χ2v) is 7.88. The predicted octanol–water partition coefficient (Wildman–Crippen LogP) is 5.36. The summed E-state index contributed by atoms with van der Waals surface area (Å²) >= 11 is 1.78. The number of aromatic amines is 1. The molecule has 1 N–H and O–H groups in total. The van der Waals surface area contributed by atoms with Crippen LogP contribution in [0.4, 0.5) is 0 Å². The van der Waals surface area contributed by atoms with Crippen LogP contribution < -0.4 is 0 Å². The van der Waals surface area contributed by atoms with Crippen LogP contribution in [0.1, 0.15) is 30.0 Å². The van der Waals surface area contributed by atoms with Crippen molar-refractivity contribution < 1.29 is 0 Å². The zero-order chi connectivity index (χ0) is 17.5. The zero-order valence-corrected chi connectivity index (χ0v) is 15.5. The molecule has 0 amide bonds. The van der Waals surface area contributed by atoms with Gasteiger partial charge in [-0.1, -0.05) is 59.8 Å². The molecule has 2 aromatic heterocycles. The Labute approximate surface area is 156 Å². The largest absolute Gasteiger partial charge is 0.360 e. The summed E-state index contributed by atoms with van der Waals surface area (Å²) in [7, 11) is 0. The van der Waals surface area contributed by atoms with E-state index in [1.54, 1.807) is 11.8 Å². The van der Waals surface area contributed by atoms with Crippen molar-refractivity contribution in [3.8, 4) is 11.4 Å². The molecular weight excluding hydrogens is 340 g/mol. The zero-order valence-electron chi connectivity index (χ0n) is 14.6. The van der Waals surface area contributed by atoms with E-state index >= 15 is 0 Å². The number of benzene rings is 2. The van der Waals surface area contributed by atoms with Crippen molar-refractivity contribution in [1.82, 2.24) is 19.7 Å². The van der Waals surface area contributed by atoms with E-state index in [0.29, 0.717) is 6.04 Å². The normalized spacial score (nSPS) is 14.2. The van der Waals surface area contributed by atoms with Crippen LogP contribution in [0.25, 0.3) is 22.3 Å². The Kier molecular flexibility index (Phi) is 3.82. The Balaban J connectivity index is 1.50. The topological polar surface area (TPSA) is 46.5 Å². The number of aromatic nitrogens is 4. The number of nitrogens with one attached hydrogen (secondary N) is 1. The summed E-state index contributed by atoms with van der Waals surface area (Å²) in [5.41, 5.74) is 4.91. The fourth-order valence-corrected chi connectivity index (χ4v) is 4.38. The van der Waals surface area contributed by atoms with Crippen LogP contribution in [0.3, 0.4) is 0 Å². The van der Waals surface area contributed by atoms with Gasteiger partial charge in [0.25, 0.3) is 0 Å². The van der Waals surface area contributed by atoms with Crippen LogP contribution in [-0.2, 0) is 5.75 Å². The van der Waals surface area contributed by atoms with Gasteiger partial charge in [0.05, 0.1) is 0 Å². The molecule has 1 aliphatic rings. The third-order valence-electron chi connectivity index (χ3n) is 4.86. The molecule has 5 heteroatoms. The molecule has 1 saturated carbocycles. The average Bonchev–Trinajstić information content (AvgIpc) is 3.26. The first-order valence-electron chi connectivity index (χ1n) is 8.99. The molecule has 1 fully saturated rings. The van der Waals surface area contributed by atoms with Gasteiger partial charge in [0.15, 0.2) is 11.0 Å². The fraction of sp³-hybridized carbons (Fsp3) is 0.238. The molecule has 4 aromatic rings. The molecule has 0 atom stereocenters. The molecule has 4 nitrogen and oxygen atoms in total. The Morgan fingerprint density at radius 2 is 2.00 bits per heavy atom. The van der Waals surface area contributed by atoms with Crippen LogP contribution in [0.15, 0.2) is 59.9 Å². The second kappa shape index (κ2) is 6.32. The molecule has 0 saturated heterocycles. The predicted molar refractivity (Wildman–Crippen MR) is 106 cm³/mol. The summed E-state index contributed by atoms with van der Waals surface area (Å²) in [6, 6.07) is 17.6. The lowest BCUT2D eigenvalue weighted by atomic mass is 10.1. The van der Waals surface area contributed by atoms with Crippen molar-refractivity contribution in [2.24, 2.45) is 0 Å². The van der Waals surface area contributed by atoms with Crippen molar-refractivity contribution >= 4 is 22.7 Å². The molecule has 0 spiro atoms. The first-order valence-corrected chi connectivity index (χ1v) is 9.98. The number of thioether (sulfide) groups is 1. The van der Waals surface area contributed by atoms with Crippen LogP contribution in [0.2, 0.25) is 0 Å². The smallest absolute Gasteiger partial charge is 0.192 e. The molecule has 0 bridgehead atoms. The van der Waals surface area contributed by atoms with Gasteiger partial charge in [-0.05, 0) is 31.4 Å². The Bertz CT molecular complexity index is 1070. The monoisotopic (exact) mass is 360 g/mol. The van der Waals surface area contributed by atoms with Gasteiger partial charge < -0.3 is 4.98 Å². The van der Waals surface area contributed by atoms with E-state index in [0.717, 1.165) is 27.8 Å². The van der Waals surface area contributed by atoms with Crippen LogP contribution >= 0.6 is 11.8 Å². The molecule has 26 heavy (non-hydrogen) atoms. The minimum absolute atomic E-state index is 0.536. The van der Waals surface area contributed by atoms with Gasteiger partial charge in [-0.25, -0.2) is 0 Å². The fourth-order valence-electron chi connectivity index (χ4n) is 3.43. The lowest BCUT2D eigenvalue weighted by molar-refractivity contribution is 0.669. The molecular formula is C21H20N4S. The summed E-state index contributed by atoms with van der Waals surface area (Å²) in [5, 5.41) is 11.3. The number of hydrogen-bond acceptors (Lipinski definition) is 3. The van der Waals surface area contributed by atoms with Crippen molar-refractivity contribution in [3.05, 3.63) is 65.9 Å². The van der Waals surface area contributed by atoms with E-state index in [1.165, 1.54) is 29.4 Å². The summed E-state index contributed by atoms with van der Waals surface area (Å²) in [6.45, 7) is 2.13. The van der Waals surface area contributed by atoms with E-state index < -0.39 is 0 Å². The molecule has 130 valence electrons. The lowest BCUT2D eigenvalue weighted by Crippen LogP contribution is -1.99. The number of rotatable bonds is 5. The molecule has 0 aliphatic heterocycles. The number of H-pyrrole nitrogens is 1. The van der Waals surface area contributed by atoms with E-state index in [-0.39, 0.29) is 0 Å². The highest BCUT2D eigenvalue weighted by molar-refractivity contribution is 7.98. The maximum atomic E-state index is 4.57. The van der Waals surface area contributed by atoms with Gasteiger partial charge in [-0.3, -0.25) is 4.57 Å². The maximum absolute atomic E-state index is 4.57. The summed E-state index contributed by atoms with van der Waals surface area (Å²) < 4.78 is 2.34. The minimum atomic E-state index is 0.536. The molecule has 1 aliphatic carbocycles. The van der Waals surface area contributed by atoms with E-state index in [2.05, 4.69) is 81.4 Å². The number of hydrogen-bond donors (Lipinski definition) is 1. The highest BCUT2D eigenvalue weighted by Crippen LogP contribution is 2.42. The van der Waals surface area contributed by atoms with Crippen molar-refractivity contribution in [2.75, 3.05) is 0 Å². The highest BCUT2D eigenvalue weighted by atomic mass is 32.2. The second-order valence-electron chi connectivity index (χ2n) is 6.93. The minimum Gasteiger partial charge on any atom is -0.360 e. The van der Waals surface area contributed by atoms with Gasteiger partial charge in [0, 0.05) is 34.5 Å². The van der Waals surface area contributed by atoms with E-state index in [4.69, 9.17) is 0 Å². The highest BCUT2D eigenvalue weighted by Gasteiger charge is 2.30. The lowest BCUT2D eigenvalue weighted by Gasteiger charge is -2.08. The summed E-state index contributed by atoms with van der Waals surface area (Å²) in [6.07, 6.45) is 4.49. The summed E-state index contributed by atoms with van der Waals surface area (Å²) in [4.78, 5) is 3.36. The number of fused-ring (bicyclic) bond motifs is 1. The van der Waals surface area contributed by atoms with E-state index in [1.807, 2.05) is 0 Å². The van der Waals surface area contributed by atoms with Gasteiger partial charge in [0.1, 0.15) is 0 Å². The standard InChI is InChI=1S/C21H20N4S/c1-14-5-4-6-15(11-14)13-26-21-24-23-20(25(21)16-9-10-16)18-12-22-19-8-3-2-7-17(18)19/h2-8,11-12,16,22H,9-10,13H2,1H3. The van der Waals surface area contributed by atoms with Gasteiger partial charge in [0.2, 0.25) is 0 Å². The third-order valence-corrected chi connectivity index (χ3v) is 5.87. The molecule has 2 heterocycles. The number of aryl methyl sites for hydroxylation is 1. The van der Waals surface area contributed by atoms with Crippen molar-refractivity contribution in [2.45, 2.75) is 36.7 Å². The Morgan fingerprint density at radius 3 is 2.85 bits per heavy atom. The van der Waals surface area contributed by atoms with Gasteiger partial charge >= 0.3 is 0 Å². The van der Waals surface area contributed by atoms with Gasteiger partial charge in [-0.15, -0.1) is 10.2 Å². The molecule has 0 unspecified atom stereocenters. The van der Waals surface area contributed by atoms with Crippen molar-refractivity contribution in [3.63, 3.8) is 0 Å². The maximum Gasteiger partial charge on any atom is 0.192 e. The van der Waals surface area contributed by atoms with Crippen LogP contribution in [0.5, 0.6) is 0 Å². The molecule has 5 rings (SSSR count). The first-order chi connectivity index (χ1) is 12.8. The van der Waals surface area contributed by atoms with Gasteiger partial charge in [-0.2, -0.15) is 0 Å². The number of nitrogens with zero attached hydrogens (tertiary/aromatic N) is 3. The molecule has 0 radical (unpaired) electrons. The Hall–Kier alpha value is -2.53. The van der Waals surface area contributed by atoms with E-state index in [9.17, 15) is 0 Å². The van der Waals surface area contributed by atoms with Crippen molar-refractivity contribution in [1.29, 1.82) is 0 Å². The van der Waals surface area contributed by atoms with Crippen LogP contribution in [0, 0.1) is 6.92 Å². The summed E-state index contributed by atoms with van der Waals surface area (Å²) in [5.74, 6) is 1.90. The Morgan fingerprint density at radius 1 is 1.12 bits per heavy atom.